The summed E-state index contributed by atoms with van der Waals surface area (Å²) >= 11 is 2.66. The maximum absolute atomic E-state index is 13.9. The molecule has 2 aliphatic heterocycles. The first kappa shape index (κ1) is 29.6. The zero-order valence-corrected chi connectivity index (χ0v) is 26.0. The number of hydrogen-bond donors (Lipinski definition) is 4. The SMILES string of the molecule is CC(C)C(C(=O)O)N1C(=O)C2C3CC(C2C1=O)C1C3Sc2[nH]c(=O)sc2[C@@H]1c1ccccc1OCC(=O)Nc1ccc(O)cc1. The van der Waals surface area contributed by atoms with E-state index in [-0.39, 0.29) is 46.2 Å². The van der Waals surface area contributed by atoms with E-state index in [4.69, 9.17) is 4.74 Å². The molecular formula is C32H31N3O8S2. The second-order valence-electron chi connectivity index (χ2n) is 12.5. The van der Waals surface area contributed by atoms with Gasteiger partial charge in [0.05, 0.1) is 16.9 Å². The number of thiazole rings is 1. The fraction of sp³-hybridized carbons (Fsp3) is 0.406. The number of phenols is 1. The van der Waals surface area contributed by atoms with Gasteiger partial charge in [0.15, 0.2) is 6.61 Å². The predicted molar refractivity (Wildman–Crippen MR) is 165 cm³/mol. The highest BCUT2D eigenvalue weighted by Gasteiger charge is 2.70. The molecule has 7 rings (SSSR count). The molecule has 1 aromatic heterocycles. The number of anilines is 1. The lowest BCUT2D eigenvalue weighted by Crippen LogP contribution is -2.49. The van der Waals surface area contributed by atoms with Gasteiger partial charge in [-0.3, -0.25) is 24.1 Å². The third-order valence-corrected chi connectivity index (χ3v) is 12.3. The van der Waals surface area contributed by atoms with Gasteiger partial charge in [0.1, 0.15) is 17.5 Å². The summed E-state index contributed by atoms with van der Waals surface area (Å²) in [5.41, 5.74) is 1.29. The summed E-state index contributed by atoms with van der Waals surface area (Å²) in [7, 11) is 0. The van der Waals surface area contributed by atoms with Crippen molar-refractivity contribution < 1.29 is 34.1 Å². The number of H-pyrrole nitrogens is 1. The normalized spacial score (nSPS) is 28.5. The van der Waals surface area contributed by atoms with Gasteiger partial charge in [-0.25, -0.2) is 4.79 Å². The summed E-state index contributed by atoms with van der Waals surface area (Å²) in [6.45, 7) is 3.11. The number of aliphatic carboxylic acids is 1. The minimum atomic E-state index is -1.22. The van der Waals surface area contributed by atoms with Crippen molar-refractivity contribution in [2.24, 2.45) is 35.5 Å². The number of carbonyl (C=O) groups is 4. The van der Waals surface area contributed by atoms with Crippen LogP contribution < -0.4 is 14.9 Å². The van der Waals surface area contributed by atoms with Crippen molar-refractivity contribution in [1.29, 1.82) is 0 Å². The Labute approximate surface area is 266 Å². The van der Waals surface area contributed by atoms with Gasteiger partial charge in [0.25, 0.3) is 5.91 Å². The van der Waals surface area contributed by atoms with Crippen LogP contribution in [0.3, 0.4) is 0 Å². The van der Waals surface area contributed by atoms with Gasteiger partial charge in [-0.2, -0.15) is 0 Å². The molecule has 2 aliphatic carbocycles. The molecule has 4 aliphatic rings. The average Bonchev–Trinajstić information content (AvgIpc) is 3.73. The quantitative estimate of drug-likeness (QED) is 0.210. The van der Waals surface area contributed by atoms with Crippen LogP contribution in [0.15, 0.2) is 58.4 Å². The van der Waals surface area contributed by atoms with Crippen molar-refractivity contribution in [3.05, 3.63) is 68.6 Å². The third-order valence-electron chi connectivity index (χ3n) is 9.68. The smallest absolute Gasteiger partial charge is 0.327 e. The van der Waals surface area contributed by atoms with Gasteiger partial charge in [-0.15, -0.1) is 11.8 Å². The van der Waals surface area contributed by atoms with E-state index in [1.165, 1.54) is 12.1 Å². The van der Waals surface area contributed by atoms with Crippen molar-refractivity contribution >= 4 is 52.5 Å². The van der Waals surface area contributed by atoms with Gasteiger partial charge in [0.2, 0.25) is 11.8 Å². The van der Waals surface area contributed by atoms with E-state index < -0.39 is 47.5 Å². The summed E-state index contributed by atoms with van der Waals surface area (Å²) < 4.78 is 6.08. The Morgan fingerprint density at radius 3 is 2.42 bits per heavy atom. The van der Waals surface area contributed by atoms with Crippen molar-refractivity contribution in [1.82, 2.24) is 9.88 Å². The summed E-state index contributed by atoms with van der Waals surface area (Å²) in [6, 6.07) is 12.2. The van der Waals surface area contributed by atoms with E-state index in [9.17, 15) is 34.2 Å². The number of benzene rings is 2. The number of aromatic amines is 1. The molecule has 11 nitrogen and oxygen atoms in total. The fourth-order valence-electron chi connectivity index (χ4n) is 8.11. The van der Waals surface area contributed by atoms with Gasteiger partial charge in [-0.1, -0.05) is 43.4 Å². The Kier molecular flexibility index (Phi) is 7.27. The first-order chi connectivity index (χ1) is 21.5. The van der Waals surface area contributed by atoms with Crippen LogP contribution in [0.1, 0.15) is 36.6 Å². The number of likely N-dealkylation sites (tertiary alicyclic amines) is 1. The number of rotatable bonds is 8. The highest BCUT2D eigenvalue weighted by molar-refractivity contribution is 8.00. The number of carboxylic acids is 1. The summed E-state index contributed by atoms with van der Waals surface area (Å²) in [5.74, 6) is -4.28. The van der Waals surface area contributed by atoms with Crippen molar-refractivity contribution in [3.8, 4) is 11.5 Å². The number of carboxylic acid groups (broad SMARTS) is 1. The lowest BCUT2D eigenvalue weighted by molar-refractivity contribution is -0.157. The molecule has 7 unspecified atom stereocenters. The number of para-hydroxylation sites is 1. The number of nitrogens with zero attached hydrogens (tertiary/aromatic N) is 1. The lowest BCUT2D eigenvalue weighted by Gasteiger charge is -2.43. The van der Waals surface area contributed by atoms with E-state index in [0.29, 0.717) is 17.9 Å². The van der Waals surface area contributed by atoms with Gasteiger partial charge in [-0.05, 0) is 60.4 Å². The average molecular weight is 650 g/mol. The van der Waals surface area contributed by atoms with Crippen LogP contribution in [0.4, 0.5) is 5.69 Å². The number of nitrogens with one attached hydrogen (secondary N) is 2. The molecule has 3 aromatic rings. The molecule has 0 radical (unpaired) electrons. The number of imide groups is 1. The molecule has 2 aromatic carbocycles. The Bertz CT molecular complexity index is 1770. The molecule has 45 heavy (non-hydrogen) atoms. The minimum Gasteiger partial charge on any atom is -0.508 e. The van der Waals surface area contributed by atoms with E-state index >= 15 is 0 Å². The number of aromatic nitrogens is 1. The lowest BCUT2D eigenvalue weighted by atomic mass is 9.68. The number of fused-ring (bicyclic) bond motifs is 9. The van der Waals surface area contributed by atoms with Gasteiger partial charge >= 0.3 is 10.8 Å². The third kappa shape index (κ3) is 4.75. The Balaban J connectivity index is 1.22. The number of amides is 3. The van der Waals surface area contributed by atoms with Crippen LogP contribution in [0.2, 0.25) is 0 Å². The molecule has 3 fully saturated rings. The molecular weight excluding hydrogens is 618 g/mol. The molecule has 3 heterocycles. The second kappa shape index (κ2) is 11.1. The molecule has 2 saturated carbocycles. The maximum Gasteiger partial charge on any atom is 0.327 e. The Morgan fingerprint density at radius 2 is 1.73 bits per heavy atom. The minimum absolute atomic E-state index is 0.0797. The van der Waals surface area contributed by atoms with Gasteiger partial charge < -0.3 is 25.3 Å². The highest BCUT2D eigenvalue weighted by Crippen LogP contribution is 2.69. The number of hydrogen-bond acceptors (Lipinski definition) is 9. The largest absolute Gasteiger partial charge is 0.508 e. The number of aromatic hydroxyl groups is 1. The molecule has 4 N–H and O–H groups in total. The van der Waals surface area contributed by atoms with Crippen molar-refractivity contribution in [3.63, 3.8) is 0 Å². The van der Waals surface area contributed by atoms with E-state index in [1.807, 2.05) is 12.1 Å². The van der Waals surface area contributed by atoms with Crippen LogP contribution in [0.5, 0.6) is 11.5 Å². The fourth-order valence-corrected chi connectivity index (χ4v) is 11.0. The van der Waals surface area contributed by atoms with Crippen LogP contribution in [0, 0.1) is 35.5 Å². The zero-order valence-electron chi connectivity index (χ0n) is 24.3. The zero-order chi connectivity index (χ0) is 31.7. The first-order valence-corrected chi connectivity index (χ1v) is 16.5. The van der Waals surface area contributed by atoms with Gasteiger partial charge in [0, 0.05) is 27.3 Å². The summed E-state index contributed by atoms with van der Waals surface area (Å²) in [5, 5.41) is 22.8. The second-order valence-corrected chi connectivity index (χ2v) is 14.7. The maximum atomic E-state index is 13.9. The predicted octanol–water partition coefficient (Wildman–Crippen LogP) is 3.74. The first-order valence-electron chi connectivity index (χ1n) is 14.8. The number of carbonyl (C=O) groups excluding carboxylic acids is 3. The number of phenolic OH excluding ortho intramolecular Hbond substituents is 1. The van der Waals surface area contributed by atoms with E-state index in [1.54, 1.807) is 49.9 Å². The molecule has 234 valence electrons. The number of ether oxygens (including phenoxy) is 1. The molecule has 0 spiro atoms. The van der Waals surface area contributed by atoms with Crippen LogP contribution in [-0.2, 0) is 19.2 Å². The topological polar surface area (TPSA) is 166 Å². The molecule has 1 saturated heterocycles. The molecule has 3 amide bonds. The highest BCUT2D eigenvalue weighted by atomic mass is 32.2. The summed E-state index contributed by atoms with van der Waals surface area (Å²) in [6.07, 6.45) is 0.663. The molecule has 13 heteroatoms. The molecule has 2 bridgehead atoms. The van der Waals surface area contributed by atoms with Crippen molar-refractivity contribution in [2.45, 2.75) is 42.5 Å². The molecule has 8 atom stereocenters. The Morgan fingerprint density at radius 1 is 1.04 bits per heavy atom. The van der Waals surface area contributed by atoms with Crippen LogP contribution in [0.25, 0.3) is 0 Å². The standard InChI is InChI=1S/C32H31N3O8S2/c1-13(2)25(31(40)41)35-29(38)23-17-11-18(24(23)30(35)39)26-22(17)21(27-28(44-26)34-32(42)45-27)16-5-3-4-6-19(16)43-12-20(37)33-14-7-9-15(36)10-8-14/h3-10,13,17-18,21-26,36H,11-12H2,1-2H3,(H,33,37)(H,34,42)(H,40,41)/t17?,18?,21-,22?,23?,24?,25?,26?/m1/s1. The van der Waals surface area contributed by atoms with E-state index in [2.05, 4.69) is 10.3 Å². The van der Waals surface area contributed by atoms with Crippen molar-refractivity contribution in [2.75, 3.05) is 11.9 Å². The Hall–Kier alpha value is -4.10. The summed E-state index contributed by atoms with van der Waals surface area (Å²) in [4.78, 5) is 69.9. The number of thioether (sulfide) groups is 1. The van der Waals surface area contributed by atoms with Crippen LogP contribution >= 0.6 is 23.1 Å². The van der Waals surface area contributed by atoms with Crippen LogP contribution in [-0.4, -0.2) is 61.7 Å². The monoisotopic (exact) mass is 649 g/mol. The van der Waals surface area contributed by atoms with E-state index in [0.717, 1.165) is 31.7 Å².